The number of rotatable bonds is 8. The number of hydrogen-bond acceptors (Lipinski definition) is 3. The minimum Gasteiger partial charge on any atom is -0.313 e. The molecule has 158 valence electrons. The number of benzene rings is 4. The van der Waals surface area contributed by atoms with Crippen molar-refractivity contribution in [3.8, 4) is 0 Å². The molecule has 0 bridgehead atoms. The first-order valence-corrected chi connectivity index (χ1v) is 11.9. The fourth-order valence-corrected chi connectivity index (χ4v) is 5.86. The van der Waals surface area contributed by atoms with E-state index >= 15 is 0 Å². The Morgan fingerprint density at radius 2 is 1.06 bits per heavy atom. The smallest absolute Gasteiger partial charge is 0.261 e. The summed E-state index contributed by atoms with van der Waals surface area (Å²) < 4.78 is 21.1. The molecule has 4 aromatic carbocycles. The summed E-state index contributed by atoms with van der Waals surface area (Å²) in [5.74, 6) is 0. The summed E-state index contributed by atoms with van der Waals surface area (Å²) in [6, 6.07) is 36.5. The molecule has 4 rings (SSSR count). The molecule has 4 aromatic rings. The maximum Gasteiger partial charge on any atom is 0.261 e. The van der Waals surface area contributed by atoms with Crippen LogP contribution in [-0.4, -0.2) is 0 Å². The lowest BCUT2D eigenvalue weighted by molar-refractivity contribution is 0.184. The average Bonchev–Trinajstić information content (AvgIpc) is 2.88. The van der Waals surface area contributed by atoms with Gasteiger partial charge in [-0.15, -0.1) is 0 Å². The average molecular weight is 439 g/mol. The molecule has 6 heteroatoms. The van der Waals surface area contributed by atoms with Crippen molar-refractivity contribution in [1.29, 1.82) is 0 Å². The zero-order chi connectivity index (χ0) is 22.2. The second-order valence-electron chi connectivity index (χ2n) is 7.22. The summed E-state index contributed by atoms with van der Waals surface area (Å²) in [6.45, 7) is 0. The lowest BCUT2D eigenvalue weighted by atomic mass is 9.97. The van der Waals surface area contributed by atoms with Gasteiger partial charge in [0, 0.05) is 15.5 Å². The molecule has 0 amide bonds. The van der Waals surface area contributed by atoms with Crippen LogP contribution in [0.25, 0.3) is 10.4 Å². The van der Waals surface area contributed by atoms with Crippen molar-refractivity contribution < 1.29 is 9.09 Å². The van der Waals surface area contributed by atoms with Crippen molar-refractivity contribution in [3.63, 3.8) is 0 Å². The van der Waals surface area contributed by atoms with Crippen LogP contribution < -0.4 is 10.6 Å². The zero-order valence-corrected chi connectivity index (χ0v) is 18.2. The molecule has 0 aliphatic rings. The van der Waals surface area contributed by atoms with E-state index in [0.717, 1.165) is 11.1 Å². The largest absolute Gasteiger partial charge is 0.313 e. The van der Waals surface area contributed by atoms with Gasteiger partial charge in [-0.3, -0.25) is 4.57 Å². The van der Waals surface area contributed by atoms with Crippen LogP contribution in [0.4, 0.5) is 0 Å². The van der Waals surface area contributed by atoms with Crippen LogP contribution >= 0.6 is 7.37 Å². The standard InChI is InChI=1S/C26H22N3O2P/c27-29-28-25(21-13-5-1-6-14-21)26(22-15-7-2-8-16-22)31-32(30,23-17-9-3-10-18-23)24-19-11-4-12-20-24/h1-20,25-26H/t25-,26-/m1/s1. The second kappa shape index (κ2) is 10.1. The second-order valence-corrected chi connectivity index (χ2v) is 9.57. The van der Waals surface area contributed by atoms with Gasteiger partial charge in [0.2, 0.25) is 0 Å². The summed E-state index contributed by atoms with van der Waals surface area (Å²) in [4.78, 5) is 3.09. The fourth-order valence-electron chi connectivity index (χ4n) is 3.63. The van der Waals surface area contributed by atoms with Crippen LogP contribution in [-0.2, 0) is 9.09 Å². The molecule has 0 fully saturated rings. The molecule has 0 aliphatic heterocycles. The Morgan fingerprint density at radius 1 is 0.656 bits per heavy atom. The van der Waals surface area contributed by atoms with Crippen LogP contribution in [0.5, 0.6) is 0 Å². The van der Waals surface area contributed by atoms with Crippen LogP contribution in [0, 0.1) is 0 Å². The van der Waals surface area contributed by atoms with Crippen LogP contribution in [0.15, 0.2) is 126 Å². The third-order valence-corrected chi connectivity index (χ3v) is 7.67. The first-order valence-electron chi connectivity index (χ1n) is 10.3. The van der Waals surface area contributed by atoms with Crippen molar-refractivity contribution >= 4 is 18.0 Å². The summed E-state index contributed by atoms with van der Waals surface area (Å²) in [5.41, 5.74) is 10.9. The quantitative estimate of drug-likeness (QED) is 0.132. The summed E-state index contributed by atoms with van der Waals surface area (Å²) in [7, 11) is -3.53. The van der Waals surface area contributed by atoms with Crippen molar-refractivity contribution in [1.82, 2.24) is 0 Å². The molecule has 5 nitrogen and oxygen atoms in total. The normalized spacial score (nSPS) is 13.0. The molecule has 0 radical (unpaired) electrons. The summed E-state index contributed by atoms with van der Waals surface area (Å²) in [6.07, 6.45) is -0.763. The minimum absolute atomic E-state index is 0.583. The van der Waals surface area contributed by atoms with Gasteiger partial charge in [0.25, 0.3) is 7.37 Å². The Morgan fingerprint density at radius 3 is 1.50 bits per heavy atom. The van der Waals surface area contributed by atoms with E-state index in [1.807, 2.05) is 97.1 Å². The van der Waals surface area contributed by atoms with Crippen LogP contribution in [0.3, 0.4) is 0 Å². The number of nitrogens with zero attached hydrogens (tertiary/aromatic N) is 3. The Labute approximate surface area is 187 Å². The van der Waals surface area contributed by atoms with Gasteiger partial charge in [-0.1, -0.05) is 102 Å². The van der Waals surface area contributed by atoms with E-state index in [4.69, 9.17) is 4.52 Å². The van der Waals surface area contributed by atoms with Gasteiger partial charge >= 0.3 is 0 Å². The Kier molecular flexibility index (Phi) is 6.84. The van der Waals surface area contributed by atoms with E-state index in [1.165, 1.54) is 0 Å². The van der Waals surface area contributed by atoms with E-state index in [-0.39, 0.29) is 0 Å². The zero-order valence-electron chi connectivity index (χ0n) is 17.3. The SMILES string of the molecule is [N-]=[N+]=N[C@H](c1ccccc1)[C@H](OP(=O)(c1ccccc1)c1ccccc1)c1ccccc1. The first-order chi connectivity index (χ1) is 15.7. The van der Waals surface area contributed by atoms with Gasteiger partial charge in [0.1, 0.15) is 6.10 Å². The van der Waals surface area contributed by atoms with E-state index < -0.39 is 19.5 Å². The molecule has 2 atom stereocenters. The van der Waals surface area contributed by atoms with Crippen molar-refractivity contribution in [3.05, 3.63) is 143 Å². The molecular weight excluding hydrogens is 417 g/mol. The monoisotopic (exact) mass is 439 g/mol. The molecule has 0 unspecified atom stereocenters. The van der Waals surface area contributed by atoms with E-state index in [1.54, 1.807) is 24.3 Å². The van der Waals surface area contributed by atoms with E-state index in [9.17, 15) is 10.1 Å². The van der Waals surface area contributed by atoms with Gasteiger partial charge in [-0.2, -0.15) is 0 Å². The van der Waals surface area contributed by atoms with Gasteiger partial charge in [0.05, 0.1) is 6.04 Å². The molecule has 32 heavy (non-hydrogen) atoms. The van der Waals surface area contributed by atoms with Gasteiger partial charge in [-0.25, -0.2) is 0 Å². The molecule has 0 saturated heterocycles. The predicted octanol–water partition coefficient (Wildman–Crippen LogP) is 6.73. The predicted molar refractivity (Wildman–Crippen MR) is 128 cm³/mol. The van der Waals surface area contributed by atoms with Crippen LogP contribution in [0.2, 0.25) is 0 Å². The van der Waals surface area contributed by atoms with E-state index in [2.05, 4.69) is 10.0 Å². The molecule has 0 aromatic heterocycles. The van der Waals surface area contributed by atoms with Crippen LogP contribution in [0.1, 0.15) is 23.3 Å². The van der Waals surface area contributed by atoms with Crippen molar-refractivity contribution in [2.45, 2.75) is 12.1 Å². The molecular formula is C26H22N3O2P. The van der Waals surface area contributed by atoms with Gasteiger partial charge in [0.15, 0.2) is 0 Å². The summed E-state index contributed by atoms with van der Waals surface area (Å²) in [5, 5.41) is 5.24. The number of hydrogen-bond donors (Lipinski definition) is 0. The molecule has 0 spiro atoms. The Balaban J connectivity index is 1.89. The maximum atomic E-state index is 14.6. The molecule has 0 aliphatic carbocycles. The highest BCUT2D eigenvalue weighted by molar-refractivity contribution is 7.74. The first kappa shape index (κ1) is 21.6. The van der Waals surface area contributed by atoms with Gasteiger partial charge in [-0.05, 0) is 40.9 Å². The Bertz CT molecular complexity index is 1190. The highest BCUT2D eigenvalue weighted by Crippen LogP contribution is 2.52. The van der Waals surface area contributed by atoms with Crippen molar-refractivity contribution in [2.75, 3.05) is 0 Å². The highest BCUT2D eigenvalue weighted by Gasteiger charge is 2.36. The highest BCUT2D eigenvalue weighted by atomic mass is 31.2. The fraction of sp³-hybridized carbons (Fsp3) is 0.0769. The summed E-state index contributed by atoms with van der Waals surface area (Å²) >= 11 is 0. The van der Waals surface area contributed by atoms with Crippen molar-refractivity contribution in [2.24, 2.45) is 5.11 Å². The number of azide groups is 1. The van der Waals surface area contributed by atoms with Gasteiger partial charge < -0.3 is 4.52 Å². The molecule has 0 N–H and O–H groups in total. The third kappa shape index (κ3) is 4.66. The molecule has 0 heterocycles. The lowest BCUT2D eigenvalue weighted by Crippen LogP contribution is -2.22. The third-order valence-electron chi connectivity index (χ3n) is 5.19. The molecule has 0 saturated carbocycles. The Hall–Kier alpha value is -3.62. The van der Waals surface area contributed by atoms with E-state index in [0.29, 0.717) is 10.6 Å². The maximum absolute atomic E-state index is 14.6. The topological polar surface area (TPSA) is 75.1 Å². The minimum atomic E-state index is -3.53. The lowest BCUT2D eigenvalue weighted by Gasteiger charge is -2.30.